The molecule has 2 aromatic rings. The van der Waals surface area contributed by atoms with E-state index in [9.17, 15) is 24.3 Å². The average Bonchev–Trinajstić information content (AvgIpc) is 3.39. The van der Waals surface area contributed by atoms with Crippen molar-refractivity contribution in [2.45, 2.75) is 57.7 Å². The number of amides is 5. The molecule has 0 bridgehead atoms. The van der Waals surface area contributed by atoms with E-state index >= 15 is 0 Å². The van der Waals surface area contributed by atoms with Crippen molar-refractivity contribution in [2.24, 2.45) is 5.92 Å². The van der Waals surface area contributed by atoms with E-state index < -0.39 is 36.1 Å². The zero-order valence-electron chi connectivity index (χ0n) is 22.9. The van der Waals surface area contributed by atoms with Crippen molar-refractivity contribution in [3.63, 3.8) is 0 Å². The summed E-state index contributed by atoms with van der Waals surface area (Å²) < 4.78 is 5.16. The fourth-order valence-electron chi connectivity index (χ4n) is 5.44. The zero-order valence-corrected chi connectivity index (χ0v) is 22.9. The number of carboxylic acid groups (broad SMARTS) is 1. The number of aliphatic carboxylic acids is 1. The summed E-state index contributed by atoms with van der Waals surface area (Å²) in [6.45, 7) is 2.15. The monoisotopic (exact) mass is 551 g/mol. The number of nitrogens with one attached hydrogen (secondary N) is 3. The van der Waals surface area contributed by atoms with Crippen LogP contribution in [0.2, 0.25) is 0 Å². The third-order valence-corrected chi connectivity index (χ3v) is 7.48. The highest BCUT2D eigenvalue weighted by Gasteiger charge is 2.44. The van der Waals surface area contributed by atoms with E-state index in [0.29, 0.717) is 17.1 Å². The quantitative estimate of drug-likeness (QED) is 0.387. The van der Waals surface area contributed by atoms with Crippen LogP contribution in [0.1, 0.15) is 44.1 Å². The Morgan fingerprint density at radius 3 is 2.12 bits per heavy atom. The lowest BCUT2D eigenvalue weighted by Gasteiger charge is -2.34. The molecular weight excluding hydrogens is 514 g/mol. The summed E-state index contributed by atoms with van der Waals surface area (Å²) >= 11 is 0. The van der Waals surface area contributed by atoms with Gasteiger partial charge in [0.2, 0.25) is 0 Å². The number of hydrogen-bond acceptors (Lipinski definition) is 5. The van der Waals surface area contributed by atoms with Crippen LogP contribution in [0.25, 0.3) is 0 Å². The van der Waals surface area contributed by atoms with Crippen LogP contribution < -0.4 is 20.7 Å². The molecule has 0 spiro atoms. The molecular formula is C29H37N5O6. The number of hydrogen-bond donors (Lipinski definition) is 4. The maximum atomic E-state index is 13.8. The molecule has 2 atom stereocenters. The lowest BCUT2D eigenvalue weighted by atomic mass is 9.82. The topological polar surface area (TPSA) is 140 Å². The van der Waals surface area contributed by atoms with Gasteiger partial charge < -0.3 is 25.8 Å². The maximum Gasteiger partial charge on any atom is 0.323 e. The molecule has 1 heterocycles. The summed E-state index contributed by atoms with van der Waals surface area (Å²) in [6.07, 6.45) is 3.19. The molecule has 40 heavy (non-hydrogen) atoms. The Bertz CT molecular complexity index is 1210. The summed E-state index contributed by atoms with van der Waals surface area (Å²) in [4.78, 5) is 54.8. The molecule has 2 aromatic carbocycles. The molecule has 214 valence electrons. The lowest BCUT2D eigenvalue weighted by Crippen LogP contribution is -2.58. The molecule has 4 N–H and O–H groups in total. The van der Waals surface area contributed by atoms with Crippen molar-refractivity contribution < 1.29 is 29.0 Å². The van der Waals surface area contributed by atoms with Gasteiger partial charge in [-0.3, -0.25) is 19.4 Å². The van der Waals surface area contributed by atoms with Gasteiger partial charge in [-0.1, -0.05) is 31.4 Å². The Kier molecular flexibility index (Phi) is 9.47. The van der Waals surface area contributed by atoms with E-state index in [-0.39, 0.29) is 25.4 Å². The van der Waals surface area contributed by atoms with Crippen LogP contribution in [0.15, 0.2) is 48.5 Å². The molecule has 2 fully saturated rings. The van der Waals surface area contributed by atoms with Crippen LogP contribution in [0.5, 0.6) is 5.75 Å². The first kappa shape index (κ1) is 28.7. The second kappa shape index (κ2) is 13.2. The summed E-state index contributed by atoms with van der Waals surface area (Å²) in [7, 11) is 1.54. The number of aryl methyl sites for hydroxylation is 1. The fourth-order valence-corrected chi connectivity index (χ4v) is 5.44. The molecule has 11 heteroatoms. The van der Waals surface area contributed by atoms with E-state index in [1.54, 1.807) is 37.4 Å². The SMILES string of the molecule is COc1ccc(NC(=O)N2CCN(C(=O)Nc3cccc(C)c3)C2C(=O)NC(CC(=O)O)C2CCCCC2)cc1. The number of benzene rings is 2. The first-order chi connectivity index (χ1) is 19.2. The third-order valence-electron chi connectivity index (χ3n) is 7.48. The molecule has 1 aliphatic carbocycles. The largest absolute Gasteiger partial charge is 0.497 e. The highest BCUT2D eigenvalue weighted by Crippen LogP contribution is 2.29. The predicted molar refractivity (Wildman–Crippen MR) is 150 cm³/mol. The molecule has 2 unspecified atom stereocenters. The van der Waals surface area contributed by atoms with Crippen molar-refractivity contribution in [1.82, 2.24) is 15.1 Å². The Morgan fingerprint density at radius 1 is 0.925 bits per heavy atom. The van der Waals surface area contributed by atoms with Crippen LogP contribution in [0.3, 0.4) is 0 Å². The Morgan fingerprint density at radius 2 is 1.55 bits per heavy atom. The normalized spacial score (nSPS) is 18.1. The summed E-state index contributed by atoms with van der Waals surface area (Å²) in [5.41, 5.74) is 2.02. The molecule has 2 aliphatic rings. The Hall–Kier alpha value is -4.28. The molecule has 1 aliphatic heterocycles. The van der Waals surface area contributed by atoms with Crippen molar-refractivity contribution in [3.05, 3.63) is 54.1 Å². The minimum Gasteiger partial charge on any atom is -0.497 e. The van der Waals surface area contributed by atoms with Gasteiger partial charge in [-0.2, -0.15) is 0 Å². The minimum absolute atomic E-state index is 0.0198. The van der Waals surface area contributed by atoms with Crippen molar-refractivity contribution in [1.29, 1.82) is 0 Å². The van der Waals surface area contributed by atoms with E-state index in [1.165, 1.54) is 9.80 Å². The van der Waals surface area contributed by atoms with Crippen LogP contribution in [-0.4, -0.2) is 71.3 Å². The van der Waals surface area contributed by atoms with Gasteiger partial charge in [0.25, 0.3) is 5.91 Å². The molecule has 4 rings (SSSR count). The van der Waals surface area contributed by atoms with Gasteiger partial charge in [0.1, 0.15) is 5.75 Å². The third kappa shape index (κ3) is 7.22. The molecule has 0 radical (unpaired) electrons. The smallest absolute Gasteiger partial charge is 0.323 e. The van der Waals surface area contributed by atoms with Gasteiger partial charge >= 0.3 is 18.0 Å². The van der Waals surface area contributed by atoms with E-state index in [2.05, 4.69) is 16.0 Å². The fraction of sp³-hybridized carbons (Fsp3) is 0.448. The van der Waals surface area contributed by atoms with Gasteiger partial charge in [-0.25, -0.2) is 9.59 Å². The number of carbonyl (C=O) groups excluding carboxylic acids is 3. The lowest BCUT2D eigenvalue weighted by molar-refractivity contribution is -0.138. The van der Waals surface area contributed by atoms with Crippen molar-refractivity contribution in [3.8, 4) is 5.75 Å². The molecule has 11 nitrogen and oxygen atoms in total. The minimum atomic E-state index is -1.26. The maximum absolute atomic E-state index is 13.8. The van der Waals surface area contributed by atoms with Gasteiger partial charge in [-0.05, 0) is 67.6 Å². The number of carboxylic acids is 1. The molecule has 5 amide bonds. The van der Waals surface area contributed by atoms with Crippen LogP contribution in [0, 0.1) is 12.8 Å². The first-order valence-corrected chi connectivity index (χ1v) is 13.6. The standard InChI is InChI=1S/C29H37N5O6/c1-19-7-6-10-22(17-19)31-29(39)34-16-15-33(28(38)30-21-11-13-23(40-2)14-12-21)27(34)26(37)32-24(18-25(35)36)20-8-4-3-5-9-20/h6-7,10-14,17,20,24,27H,3-5,8-9,15-16,18H2,1-2H3,(H,30,38)(H,31,39)(H,32,37)(H,35,36). The van der Waals surface area contributed by atoms with Crippen molar-refractivity contribution >= 4 is 35.3 Å². The van der Waals surface area contributed by atoms with Crippen LogP contribution in [0.4, 0.5) is 21.0 Å². The van der Waals surface area contributed by atoms with Gasteiger partial charge in [0.15, 0.2) is 6.17 Å². The van der Waals surface area contributed by atoms with Gasteiger partial charge in [-0.15, -0.1) is 0 Å². The van der Waals surface area contributed by atoms with Gasteiger partial charge in [0, 0.05) is 30.5 Å². The summed E-state index contributed by atoms with van der Waals surface area (Å²) in [5, 5.41) is 18.1. The Labute approximate surface area is 233 Å². The highest BCUT2D eigenvalue weighted by molar-refractivity contribution is 5.98. The van der Waals surface area contributed by atoms with Gasteiger partial charge in [0.05, 0.1) is 13.5 Å². The van der Waals surface area contributed by atoms with Crippen LogP contribution in [-0.2, 0) is 9.59 Å². The number of carbonyl (C=O) groups is 4. The predicted octanol–water partition coefficient (Wildman–Crippen LogP) is 4.25. The highest BCUT2D eigenvalue weighted by atomic mass is 16.5. The van der Waals surface area contributed by atoms with Crippen molar-refractivity contribution in [2.75, 3.05) is 30.8 Å². The van der Waals surface area contributed by atoms with E-state index in [1.807, 2.05) is 25.1 Å². The number of ether oxygens (including phenoxy) is 1. The number of urea groups is 2. The molecule has 0 aromatic heterocycles. The summed E-state index contributed by atoms with van der Waals surface area (Å²) in [6, 6.07) is 12.3. The molecule has 1 saturated carbocycles. The summed E-state index contributed by atoms with van der Waals surface area (Å²) in [5.74, 6) is -0.946. The van der Waals surface area contributed by atoms with Crippen LogP contribution >= 0.6 is 0 Å². The molecule has 1 saturated heterocycles. The van der Waals surface area contributed by atoms with E-state index in [0.717, 1.165) is 37.7 Å². The second-order valence-electron chi connectivity index (χ2n) is 10.3. The number of methoxy groups -OCH3 is 1. The average molecular weight is 552 g/mol. The number of rotatable bonds is 8. The zero-order chi connectivity index (χ0) is 28.6. The second-order valence-corrected chi connectivity index (χ2v) is 10.3. The van der Waals surface area contributed by atoms with E-state index in [4.69, 9.17) is 4.74 Å². The first-order valence-electron chi connectivity index (χ1n) is 13.6. The number of anilines is 2. The number of nitrogens with zero attached hydrogens (tertiary/aromatic N) is 2. The Balaban J connectivity index is 1.56.